The Labute approximate surface area is 135 Å². The predicted octanol–water partition coefficient (Wildman–Crippen LogP) is 5.42. The summed E-state index contributed by atoms with van der Waals surface area (Å²) in [7, 11) is 0. The number of hydrogen-bond acceptors (Lipinski definition) is 1. The fraction of sp³-hybridized carbons (Fsp3) is 0.429. The Morgan fingerprint density at radius 1 is 1.05 bits per heavy atom. The first-order valence-electron chi connectivity index (χ1n) is 8.39. The van der Waals surface area contributed by atoms with E-state index in [1.165, 1.54) is 22.3 Å². The van der Waals surface area contributed by atoms with Crippen LogP contribution in [-0.4, -0.2) is 5.11 Å². The number of benzene rings is 2. The van der Waals surface area contributed by atoms with Gasteiger partial charge in [-0.25, -0.2) is 0 Å². The molecule has 0 aliphatic rings. The molecule has 1 radical (unpaired) electrons. The zero-order chi connectivity index (χ0) is 16.2. The summed E-state index contributed by atoms with van der Waals surface area (Å²) in [4.78, 5) is 0. The predicted molar refractivity (Wildman–Crippen MR) is 93.9 cm³/mol. The van der Waals surface area contributed by atoms with Crippen LogP contribution in [0.2, 0.25) is 0 Å². The molecule has 0 unspecified atom stereocenters. The molecule has 0 atom stereocenters. The molecule has 0 saturated carbocycles. The van der Waals surface area contributed by atoms with Gasteiger partial charge in [0, 0.05) is 0 Å². The van der Waals surface area contributed by atoms with E-state index in [4.69, 9.17) is 0 Å². The molecule has 0 saturated heterocycles. The lowest BCUT2D eigenvalue weighted by Crippen LogP contribution is -2.23. The van der Waals surface area contributed by atoms with E-state index < -0.39 is 5.60 Å². The van der Waals surface area contributed by atoms with Crippen molar-refractivity contribution in [2.45, 2.75) is 59.0 Å². The summed E-state index contributed by atoms with van der Waals surface area (Å²) in [6, 6.07) is 16.1. The Morgan fingerprint density at radius 2 is 1.73 bits per heavy atom. The molecule has 0 heterocycles. The van der Waals surface area contributed by atoms with Crippen LogP contribution in [0.15, 0.2) is 36.4 Å². The first-order chi connectivity index (χ1) is 10.6. The van der Waals surface area contributed by atoms with Crippen LogP contribution in [0.3, 0.4) is 0 Å². The smallest absolute Gasteiger partial charge is 0.0897 e. The monoisotopic (exact) mass is 295 g/mol. The van der Waals surface area contributed by atoms with Crippen LogP contribution in [0.25, 0.3) is 11.1 Å². The third-order valence-electron chi connectivity index (χ3n) is 4.66. The van der Waals surface area contributed by atoms with E-state index in [0.717, 1.165) is 18.4 Å². The Balaban J connectivity index is 2.47. The molecule has 0 amide bonds. The molecule has 0 aromatic heterocycles. The summed E-state index contributed by atoms with van der Waals surface area (Å²) in [5.41, 5.74) is 5.26. The highest BCUT2D eigenvalue weighted by molar-refractivity contribution is 5.71. The fourth-order valence-corrected chi connectivity index (χ4v) is 3.06. The molecule has 22 heavy (non-hydrogen) atoms. The average molecular weight is 295 g/mol. The third-order valence-corrected chi connectivity index (χ3v) is 4.66. The van der Waals surface area contributed by atoms with Crippen molar-refractivity contribution < 1.29 is 5.11 Å². The van der Waals surface area contributed by atoms with E-state index >= 15 is 0 Å². The first-order valence-corrected chi connectivity index (χ1v) is 8.39. The number of aryl methyl sites for hydroxylation is 2. The molecule has 2 aromatic rings. The minimum absolute atomic E-state index is 0.714. The molecule has 0 bridgehead atoms. The van der Waals surface area contributed by atoms with Gasteiger partial charge in [-0.1, -0.05) is 57.5 Å². The number of rotatable bonds is 6. The molecule has 0 spiro atoms. The van der Waals surface area contributed by atoms with Crippen molar-refractivity contribution >= 4 is 0 Å². The second kappa shape index (κ2) is 7.11. The van der Waals surface area contributed by atoms with Crippen molar-refractivity contribution in [1.82, 2.24) is 0 Å². The second-order valence-electron chi connectivity index (χ2n) is 6.09. The van der Waals surface area contributed by atoms with Gasteiger partial charge in [-0.2, -0.15) is 0 Å². The van der Waals surface area contributed by atoms with Gasteiger partial charge in [0.15, 0.2) is 0 Å². The molecule has 1 N–H and O–H groups in total. The second-order valence-corrected chi connectivity index (χ2v) is 6.09. The van der Waals surface area contributed by atoms with Crippen LogP contribution in [-0.2, 0) is 12.0 Å². The Kier molecular flexibility index (Phi) is 5.42. The fourth-order valence-electron chi connectivity index (χ4n) is 3.06. The van der Waals surface area contributed by atoms with Gasteiger partial charge in [-0.15, -0.1) is 0 Å². The van der Waals surface area contributed by atoms with Gasteiger partial charge in [0.05, 0.1) is 5.60 Å². The minimum atomic E-state index is -0.758. The van der Waals surface area contributed by atoms with Gasteiger partial charge >= 0.3 is 0 Å². The van der Waals surface area contributed by atoms with Crippen molar-refractivity contribution in [3.8, 4) is 11.1 Å². The standard InChI is InChI=1S/C21H27O/c1-5-10-17-11-8-9-12-20(17)19-14-13-18(15-16(19)4)21(22,6-2)7-3/h8-9,11-12,14-15,22H,5-7,10H2,1-4H3. The van der Waals surface area contributed by atoms with E-state index in [1.54, 1.807) is 0 Å². The summed E-state index contributed by atoms with van der Waals surface area (Å²) in [5.74, 6) is 0. The van der Waals surface area contributed by atoms with E-state index in [9.17, 15) is 5.11 Å². The Hall–Kier alpha value is -1.60. The zero-order valence-corrected chi connectivity index (χ0v) is 14.2. The van der Waals surface area contributed by atoms with Gasteiger partial charge in [-0.3, -0.25) is 0 Å². The summed E-state index contributed by atoms with van der Waals surface area (Å²) < 4.78 is 0. The van der Waals surface area contributed by atoms with E-state index in [2.05, 4.69) is 56.3 Å². The van der Waals surface area contributed by atoms with Gasteiger partial charge in [0.25, 0.3) is 0 Å². The van der Waals surface area contributed by atoms with Crippen molar-refractivity contribution in [2.75, 3.05) is 0 Å². The molecular formula is C21H27O. The zero-order valence-electron chi connectivity index (χ0n) is 14.2. The summed E-state index contributed by atoms with van der Waals surface area (Å²) >= 11 is 0. The van der Waals surface area contributed by atoms with Crippen molar-refractivity contribution in [2.24, 2.45) is 0 Å². The maximum atomic E-state index is 10.7. The van der Waals surface area contributed by atoms with E-state index in [1.807, 2.05) is 13.8 Å². The van der Waals surface area contributed by atoms with Crippen molar-refractivity contribution in [1.29, 1.82) is 0 Å². The quantitative estimate of drug-likeness (QED) is 0.754. The lowest BCUT2D eigenvalue weighted by atomic mass is 9.85. The van der Waals surface area contributed by atoms with Crippen LogP contribution in [0.1, 0.15) is 56.7 Å². The number of aliphatic hydroxyl groups is 1. The van der Waals surface area contributed by atoms with Crippen LogP contribution >= 0.6 is 0 Å². The normalized spacial score (nSPS) is 11.7. The first kappa shape index (κ1) is 16.8. The van der Waals surface area contributed by atoms with E-state index in [0.29, 0.717) is 12.8 Å². The lowest BCUT2D eigenvalue weighted by molar-refractivity contribution is 0.0281. The molecule has 0 fully saturated rings. The van der Waals surface area contributed by atoms with Gasteiger partial charge in [-0.05, 0) is 66.1 Å². The minimum Gasteiger partial charge on any atom is -0.385 e. The average Bonchev–Trinajstić information content (AvgIpc) is 2.55. The van der Waals surface area contributed by atoms with Gasteiger partial charge in [0.1, 0.15) is 0 Å². The molecule has 117 valence electrons. The molecule has 2 aromatic carbocycles. The van der Waals surface area contributed by atoms with Gasteiger partial charge < -0.3 is 5.11 Å². The highest BCUT2D eigenvalue weighted by atomic mass is 16.3. The highest BCUT2D eigenvalue weighted by Crippen LogP contribution is 2.33. The molecule has 0 aliphatic heterocycles. The molecule has 1 nitrogen and oxygen atoms in total. The largest absolute Gasteiger partial charge is 0.385 e. The van der Waals surface area contributed by atoms with Crippen LogP contribution in [0.4, 0.5) is 0 Å². The van der Waals surface area contributed by atoms with Crippen molar-refractivity contribution in [3.05, 3.63) is 59.2 Å². The third kappa shape index (κ3) is 3.25. The molecule has 0 aliphatic carbocycles. The van der Waals surface area contributed by atoms with Crippen LogP contribution < -0.4 is 0 Å². The SMILES string of the molecule is CCCc1ccccc1-c1c[c]c(C(O)(CC)CC)cc1C. The van der Waals surface area contributed by atoms with Crippen LogP contribution in [0.5, 0.6) is 0 Å². The summed E-state index contributed by atoms with van der Waals surface area (Å²) in [6.45, 7) is 8.39. The lowest BCUT2D eigenvalue weighted by Gasteiger charge is -2.26. The Morgan fingerprint density at radius 3 is 2.32 bits per heavy atom. The topological polar surface area (TPSA) is 20.2 Å². The maximum absolute atomic E-state index is 10.7. The molecular weight excluding hydrogens is 268 g/mol. The van der Waals surface area contributed by atoms with Crippen LogP contribution in [0, 0.1) is 13.0 Å². The van der Waals surface area contributed by atoms with Crippen molar-refractivity contribution in [3.63, 3.8) is 0 Å². The highest BCUT2D eigenvalue weighted by Gasteiger charge is 2.25. The number of hydrogen-bond donors (Lipinski definition) is 1. The summed E-state index contributed by atoms with van der Waals surface area (Å²) in [6.07, 6.45) is 3.66. The summed E-state index contributed by atoms with van der Waals surface area (Å²) in [5, 5.41) is 10.7. The molecule has 2 rings (SSSR count). The van der Waals surface area contributed by atoms with E-state index in [-0.39, 0.29) is 0 Å². The Bertz CT molecular complexity index is 624. The van der Waals surface area contributed by atoms with Gasteiger partial charge in [0.2, 0.25) is 0 Å². The molecule has 1 heteroatoms. The maximum Gasteiger partial charge on any atom is 0.0897 e.